The summed E-state index contributed by atoms with van der Waals surface area (Å²) >= 11 is 0.397. The van der Waals surface area contributed by atoms with Crippen molar-refractivity contribution in [1.29, 1.82) is 1.43 Å². The Morgan fingerprint density at radius 3 is 2.68 bits per heavy atom. The minimum absolute atomic E-state index is 0.0186. The van der Waals surface area contributed by atoms with E-state index in [0.29, 0.717) is 11.8 Å². The first-order valence-electron chi connectivity index (χ1n) is 12.1. The van der Waals surface area contributed by atoms with Gasteiger partial charge in [-0.15, -0.1) is 0 Å². The summed E-state index contributed by atoms with van der Waals surface area (Å²) in [6.07, 6.45) is 0.710. The van der Waals surface area contributed by atoms with Crippen LogP contribution < -0.4 is 0 Å². The molecular formula is C25H31F3O5S. The zero-order valence-electron chi connectivity index (χ0n) is 20.8. The number of halogens is 3. The first-order valence-corrected chi connectivity index (χ1v) is 12.7. The number of hydrogen-bond donors (Lipinski definition) is 1. The molecule has 0 bridgehead atoms. The van der Waals surface area contributed by atoms with Gasteiger partial charge in [-0.2, -0.15) is 0 Å². The SMILES string of the molecule is [2H]O[C@H]1C[C@@]2(C)[C@@H](C[C@@H](C)[C@]2(OC(=O)CC)C(=O)SCF)C2CC(F)=C3CC(=O)C=C[C@]3(C)[C@]21F. The number of ketones is 1. The number of alkyl halides is 2. The summed E-state index contributed by atoms with van der Waals surface area (Å²) in [5, 5.41) is 4.32. The number of allylic oxidation sites excluding steroid dienone is 4. The highest BCUT2D eigenvalue weighted by atomic mass is 32.2. The smallest absolute Gasteiger partial charge is 0.306 e. The second kappa shape index (κ2) is 8.22. The van der Waals surface area contributed by atoms with Crippen LogP contribution in [-0.2, 0) is 19.1 Å². The molecule has 8 atom stereocenters. The number of rotatable bonds is 5. The molecule has 0 radical (unpaired) electrons. The maximum atomic E-state index is 17.5. The Morgan fingerprint density at radius 1 is 1.35 bits per heavy atom. The highest BCUT2D eigenvalue weighted by Crippen LogP contribution is 2.72. The lowest BCUT2D eigenvalue weighted by atomic mass is 9.45. The second-order valence-electron chi connectivity index (χ2n) is 10.6. The molecular weight excluding hydrogens is 469 g/mol. The number of carbonyl (C=O) groups excluding carboxylic acids is 3. The van der Waals surface area contributed by atoms with E-state index in [1.165, 1.54) is 19.1 Å². The fourth-order valence-corrected chi connectivity index (χ4v) is 8.35. The van der Waals surface area contributed by atoms with Gasteiger partial charge in [-0.25, -0.2) is 13.2 Å². The molecule has 188 valence electrons. The van der Waals surface area contributed by atoms with Crippen molar-refractivity contribution >= 4 is 28.6 Å². The van der Waals surface area contributed by atoms with Gasteiger partial charge in [-0.05, 0) is 49.1 Å². The second-order valence-corrected chi connectivity index (χ2v) is 11.5. The molecule has 34 heavy (non-hydrogen) atoms. The molecule has 4 aliphatic carbocycles. The van der Waals surface area contributed by atoms with Crippen LogP contribution in [-0.4, -0.2) is 46.8 Å². The van der Waals surface area contributed by atoms with Crippen LogP contribution >= 0.6 is 11.8 Å². The van der Waals surface area contributed by atoms with Gasteiger partial charge in [-0.3, -0.25) is 14.4 Å². The van der Waals surface area contributed by atoms with Crippen molar-refractivity contribution in [3.63, 3.8) is 0 Å². The van der Waals surface area contributed by atoms with E-state index in [1.807, 2.05) is 0 Å². The maximum Gasteiger partial charge on any atom is 0.306 e. The monoisotopic (exact) mass is 501 g/mol. The van der Waals surface area contributed by atoms with E-state index in [9.17, 15) is 18.8 Å². The van der Waals surface area contributed by atoms with Crippen LogP contribution in [0, 0.1) is 28.6 Å². The van der Waals surface area contributed by atoms with Gasteiger partial charge in [0.15, 0.2) is 17.1 Å². The Hall–Kier alpha value is -1.61. The molecule has 2 saturated carbocycles. The molecule has 0 spiro atoms. The summed E-state index contributed by atoms with van der Waals surface area (Å²) in [5.41, 5.74) is -6.72. The van der Waals surface area contributed by atoms with E-state index in [2.05, 4.69) is 0 Å². The van der Waals surface area contributed by atoms with E-state index in [4.69, 9.17) is 11.3 Å². The molecule has 0 aromatic carbocycles. The van der Waals surface area contributed by atoms with Gasteiger partial charge in [0.2, 0.25) is 6.55 Å². The standard InChI is InChI=1S/C25H31F3O5S/c1-5-20(31)33-25(21(32)34-12-26)13(2)8-15-16-10-18(27)17-9-14(29)6-7-22(17,3)24(16,28)19(30)11-23(15,25)4/h6-7,13,15-16,19,30H,5,8-12H2,1-4H3/t13-,15+,16?,19+,22+,23+,24+,25+/m1/s1/i30D. The van der Waals surface area contributed by atoms with Crippen LogP contribution in [0.2, 0.25) is 0 Å². The third-order valence-electron chi connectivity index (χ3n) is 9.23. The fraction of sp³-hybridized carbons (Fsp3) is 0.720. The fourth-order valence-electron chi connectivity index (χ4n) is 7.56. The number of aliphatic hydroxyl groups is 1. The normalized spacial score (nSPS) is 45.9. The van der Waals surface area contributed by atoms with Gasteiger partial charge in [0, 0.05) is 41.9 Å². The largest absolute Gasteiger partial charge is 0.449 e. The van der Waals surface area contributed by atoms with Crippen LogP contribution in [0.4, 0.5) is 13.2 Å². The molecule has 0 heterocycles. The van der Waals surface area contributed by atoms with Crippen molar-refractivity contribution in [3.8, 4) is 0 Å². The molecule has 5 nitrogen and oxygen atoms in total. The van der Waals surface area contributed by atoms with Crippen molar-refractivity contribution < 1.29 is 37.4 Å². The highest BCUT2D eigenvalue weighted by Gasteiger charge is 2.77. The van der Waals surface area contributed by atoms with Gasteiger partial charge < -0.3 is 9.85 Å². The zero-order valence-corrected chi connectivity index (χ0v) is 20.6. The van der Waals surface area contributed by atoms with Crippen LogP contribution in [0.15, 0.2) is 23.6 Å². The molecule has 0 aliphatic heterocycles. The minimum Gasteiger partial charge on any atom is -0.449 e. The van der Waals surface area contributed by atoms with E-state index in [-0.39, 0.29) is 43.5 Å². The maximum absolute atomic E-state index is 17.5. The Kier molecular flexibility index (Phi) is 5.83. The van der Waals surface area contributed by atoms with Gasteiger partial charge in [-0.1, -0.05) is 26.8 Å². The molecule has 2 fully saturated rings. The first-order chi connectivity index (χ1) is 16.4. The molecule has 9 heteroatoms. The number of hydrogen-bond acceptors (Lipinski definition) is 6. The summed E-state index contributed by atoms with van der Waals surface area (Å²) in [7, 11) is 0. The van der Waals surface area contributed by atoms with E-state index < -0.39 is 68.9 Å². The van der Waals surface area contributed by atoms with Crippen molar-refractivity contribution in [2.24, 2.45) is 28.6 Å². The predicted octanol–water partition coefficient (Wildman–Crippen LogP) is 4.78. The summed E-state index contributed by atoms with van der Waals surface area (Å²) in [5.74, 6) is -3.79. The van der Waals surface area contributed by atoms with Crippen molar-refractivity contribution in [3.05, 3.63) is 23.6 Å². The summed E-state index contributed by atoms with van der Waals surface area (Å²) in [6.45, 7) is 6.50. The Bertz CT molecular complexity index is 1020. The molecule has 4 aliphatic rings. The average Bonchev–Trinajstić information content (AvgIpc) is 3.03. The highest BCUT2D eigenvalue weighted by molar-refractivity contribution is 8.13. The minimum atomic E-state index is -2.25. The van der Waals surface area contributed by atoms with E-state index >= 15 is 8.78 Å². The van der Waals surface area contributed by atoms with Crippen molar-refractivity contribution in [2.75, 3.05) is 6.01 Å². The van der Waals surface area contributed by atoms with E-state index in [0.717, 1.165) is 0 Å². The third-order valence-corrected chi connectivity index (χ3v) is 9.90. The summed E-state index contributed by atoms with van der Waals surface area (Å²) < 4.78 is 60.1. The molecule has 0 amide bonds. The Morgan fingerprint density at radius 2 is 2.06 bits per heavy atom. The lowest BCUT2D eigenvalue weighted by molar-refractivity contribution is -0.223. The van der Waals surface area contributed by atoms with Crippen LogP contribution in [0.3, 0.4) is 0 Å². The number of carbonyl (C=O) groups is 3. The lowest BCUT2D eigenvalue weighted by Crippen LogP contribution is -2.69. The molecule has 0 aromatic heterocycles. The molecule has 4 rings (SSSR count). The number of esters is 1. The molecule has 1 unspecified atom stereocenters. The predicted molar refractivity (Wildman–Crippen MR) is 121 cm³/mol. The summed E-state index contributed by atoms with van der Waals surface area (Å²) in [4.78, 5) is 38.0. The molecule has 0 saturated heterocycles. The zero-order chi connectivity index (χ0) is 26.0. The van der Waals surface area contributed by atoms with Crippen molar-refractivity contribution in [1.82, 2.24) is 0 Å². The number of thioether (sulfide) groups is 1. The lowest BCUT2D eigenvalue weighted by Gasteiger charge is -2.62. The van der Waals surface area contributed by atoms with Crippen LogP contribution in [0.5, 0.6) is 0 Å². The van der Waals surface area contributed by atoms with Crippen LogP contribution in [0.1, 0.15) is 59.8 Å². The first kappa shape index (κ1) is 24.1. The number of ether oxygens (including phenoxy) is 1. The number of aliphatic hydroxyl groups excluding tert-OH is 1. The van der Waals surface area contributed by atoms with E-state index in [1.54, 1.807) is 20.8 Å². The number of fused-ring (bicyclic) bond motifs is 5. The topological polar surface area (TPSA) is 80.7 Å². The molecule has 0 aromatic rings. The third kappa shape index (κ3) is 3.01. The summed E-state index contributed by atoms with van der Waals surface area (Å²) in [6, 6.07) is -1.02. The van der Waals surface area contributed by atoms with Crippen molar-refractivity contribution in [2.45, 2.75) is 77.2 Å². The van der Waals surface area contributed by atoms with Gasteiger partial charge in [0.05, 0.1) is 6.10 Å². The Balaban J connectivity index is 1.92. The van der Waals surface area contributed by atoms with Gasteiger partial charge in [0.25, 0.3) is 0 Å². The average molecular weight is 502 g/mol. The Labute approximate surface area is 203 Å². The molecule has 1 N–H and O–H groups in total. The quantitative estimate of drug-likeness (QED) is 0.546. The van der Waals surface area contributed by atoms with Gasteiger partial charge >= 0.3 is 5.97 Å². The van der Waals surface area contributed by atoms with Gasteiger partial charge in [0.1, 0.15) is 11.8 Å². The van der Waals surface area contributed by atoms with Crippen LogP contribution in [0.25, 0.3) is 0 Å².